The third-order valence-electron chi connectivity index (χ3n) is 3.07. The Morgan fingerprint density at radius 3 is 2.38 bits per heavy atom. The van der Waals surface area contributed by atoms with Crippen LogP contribution in [-0.2, 0) is 0 Å². The molecule has 0 aliphatic carbocycles. The van der Waals surface area contributed by atoms with E-state index in [-0.39, 0.29) is 6.10 Å². The summed E-state index contributed by atoms with van der Waals surface area (Å²) >= 11 is 2.00. The van der Waals surface area contributed by atoms with E-state index >= 15 is 0 Å². The van der Waals surface area contributed by atoms with E-state index in [0.717, 1.165) is 24.6 Å². The van der Waals surface area contributed by atoms with Gasteiger partial charge in [0.2, 0.25) is 0 Å². The zero-order chi connectivity index (χ0) is 15.7. The molecule has 21 heavy (non-hydrogen) atoms. The summed E-state index contributed by atoms with van der Waals surface area (Å²) in [4.78, 5) is 2.23. The third kappa shape index (κ3) is 7.74. The first-order valence-electron chi connectivity index (χ1n) is 7.75. The van der Waals surface area contributed by atoms with Crippen molar-refractivity contribution in [1.82, 2.24) is 10.2 Å². The van der Waals surface area contributed by atoms with Gasteiger partial charge in [-0.15, -0.1) is 0 Å². The molecule has 0 saturated heterocycles. The van der Waals surface area contributed by atoms with Gasteiger partial charge in [0.25, 0.3) is 0 Å². The third-order valence-corrected chi connectivity index (χ3v) is 4.11. The molecule has 1 unspecified atom stereocenters. The van der Waals surface area contributed by atoms with Crippen molar-refractivity contribution in [3.05, 3.63) is 29.8 Å². The Morgan fingerprint density at radius 2 is 1.86 bits per heavy atom. The summed E-state index contributed by atoms with van der Waals surface area (Å²) in [6.07, 6.45) is 0.224. The second kappa shape index (κ2) is 10.1. The predicted molar refractivity (Wildman–Crippen MR) is 94.5 cm³/mol. The molecule has 3 nitrogen and oxygen atoms in total. The number of thioether (sulfide) groups is 1. The Bertz CT molecular complexity index is 379. The highest BCUT2D eigenvalue weighted by Gasteiger charge is 2.10. The Balaban J connectivity index is 2.54. The molecule has 1 aromatic carbocycles. The zero-order valence-electron chi connectivity index (χ0n) is 14.1. The molecular formula is C17H30N2OS. The van der Waals surface area contributed by atoms with Crippen molar-refractivity contribution in [3.8, 4) is 5.75 Å². The van der Waals surface area contributed by atoms with Crippen LogP contribution in [-0.4, -0.2) is 49.7 Å². The summed E-state index contributed by atoms with van der Waals surface area (Å²) in [5, 5.41) is 3.57. The topological polar surface area (TPSA) is 24.5 Å². The van der Waals surface area contributed by atoms with Gasteiger partial charge in [0.05, 0.1) is 6.10 Å². The van der Waals surface area contributed by atoms with Crippen molar-refractivity contribution in [2.75, 3.05) is 38.7 Å². The van der Waals surface area contributed by atoms with E-state index in [9.17, 15) is 0 Å². The van der Waals surface area contributed by atoms with Crippen LogP contribution in [0.2, 0.25) is 0 Å². The molecule has 0 heterocycles. The van der Waals surface area contributed by atoms with E-state index in [0.29, 0.717) is 6.04 Å². The van der Waals surface area contributed by atoms with Gasteiger partial charge in [0.1, 0.15) is 5.75 Å². The van der Waals surface area contributed by atoms with Crippen LogP contribution in [0.25, 0.3) is 0 Å². The SMILES string of the molecule is CCNC(CSCCN(C)C)c1ccc(OC(C)C)cc1. The molecule has 0 amide bonds. The van der Waals surface area contributed by atoms with Gasteiger partial charge in [-0.2, -0.15) is 11.8 Å². The van der Waals surface area contributed by atoms with Gasteiger partial charge in [0, 0.05) is 24.1 Å². The van der Waals surface area contributed by atoms with Crippen LogP contribution in [0.4, 0.5) is 0 Å². The quantitative estimate of drug-likeness (QED) is 0.669. The van der Waals surface area contributed by atoms with Gasteiger partial charge in [0.15, 0.2) is 0 Å². The Kier molecular flexibility index (Phi) is 8.81. The first-order chi connectivity index (χ1) is 10.0. The Hall–Kier alpha value is -0.710. The number of ether oxygens (including phenoxy) is 1. The van der Waals surface area contributed by atoms with Gasteiger partial charge < -0.3 is 15.0 Å². The average molecular weight is 311 g/mol. The molecule has 0 aliphatic heterocycles. The molecule has 1 rings (SSSR count). The van der Waals surface area contributed by atoms with E-state index in [1.54, 1.807) is 0 Å². The van der Waals surface area contributed by atoms with Gasteiger partial charge in [-0.05, 0) is 52.2 Å². The molecule has 1 aromatic rings. The summed E-state index contributed by atoms with van der Waals surface area (Å²) in [7, 11) is 4.24. The van der Waals surface area contributed by atoms with Crippen LogP contribution >= 0.6 is 11.8 Å². The van der Waals surface area contributed by atoms with E-state index < -0.39 is 0 Å². The van der Waals surface area contributed by atoms with Crippen LogP contribution in [0.1, 0.15) is 32.4 Å². The fourth-order valence-corrected chi connectivity index (χ4v) is 3.23. The molecule has 4 heteroatoms. The monoisotopic (exact) mass is 310 g/mol. The normalized spacial score (nSPS) is 12.9. The van der Waals surface area contributed by atoms with E-state index in [1.165, 1.54) is 11.3 Å². The lowest BCUT2D eigenvalue weighted by Gasteiger charge is -2.19. The van der Waals surface area contributed by atoms with Crippen LogP contribution in [0.15, 0.2) is 24.3 Å². The zero-order valence-corrected chi connectivity index (χ0v) is 14.9. The van der Waals surface area contributed by atoms with E-state index in [4.69, 9.17) is 4.74 Å². The Labute approximate surface area is 134 Å². The molecule has 0 saturated carbocycles. The number of hydrogen-bond donors (Lipinski definition) is 1. The highest BCUT2D eigenvalue weighted by atomic mass is 32.2. The summed E-state index contributed by atoms with van der Waals surface area (Å²) in [6.45, 7) is 8.38. The van der Waals surface area contributed by atoms with Gasteiger partial charge in [-0.1, -0.05) is 19.1 Å². The first-order valence-corrected chi connectivity index (χ1v) is 8.90. The van der Waals surface area contributed by atoms with Crippen LogP contribution < -0.4 is 10.1 Å². The minimum Gasteiger partial charge on any atom is -0.491 e. The second-order valence-corrected chi connectivity index (χ2v) is 6.87. The number of benzene rings is 1. The van der Waals surface area contributed by atoms with Crippen molar-refractivity contribution >= 4 is 11.8 Å². The smallest absolute Gasteiger partial charge is 0.119 e. The molecule has 0 aromatic heterocycles. The molecule has 0 bridgehead atoms. The fraction of sp³-hybridized carbons (Fsp3) is 0.647. The minimum absolute atomic E-state index is 0.224. The molecule has 0 fully saturated rings. The summed E-state index contributed by atoms with van der Waals surface area (Å²) in [5.41, 5.74) is 1.34. The van der Waals surface area contributed by atoms with Crippen molar-refractivity contribution < 1.29 is 4.74 Å². The van der Waals surface area contributed by atoms with Crippen LogP contribution in [0.3, 0.4) is 0 Å². The van der Waals surface area contributed by atoms with Gasteiger partial charge in [-0.25, -0.2) is 0 Å². The maximum Gasteiger partial charge on any atom is 0.119 e. The fourth-order valence-electron chi connectivity index (χ4n) is 2.02. The summed E-state index contributed by atoms with van der Waals surface area (Å²) < 4.78 is 5.70. The van der Waals surface area contributed by atoms with Gasteiger partial charge >= 0.3 is 0 Å². The van der Waals surface area contributed by atoms with Crippen molar-refractivity contribution in [2.24, 2.45) is 0 Å². The lowest BCUT2D eigenvalue weighted by Crippen LogP contribution is -2.24. The number of nitrogens with zero attached hydrogens (tertiary/aromatic N) is 1. The number of nitrogens with one attached hydrogen (secondary N) is 1. The van der Waals surface area contributed by atoms with E-state index in [1.807, 2.05) is 11.8 Å². The lowest BCUT2D eigenvalue weighted by atomic mass is 10.1. The van der Waals surface area contributed by atoms with Crippen LogP contribution in [0.5, 0.6) is 5.75 Å². The molecule has 120 valence electrons. The van der Waals surface area contributed by atoms with Crippen molar-refractivity contribution in [3.63, 3.8) is 0 Å². The Morgan fingerprint density at radius 1 is 1.19 bits per heavy atom. The first kappa shape index (κ1) is 18.3. The molecule has 1 N–H and O–H groups in total. The molecule has 0 spiro atoms. The molecular weight excluding hydrogens is 280 g/mol. The van der Waals surface area contributed by atoms with Gasteiger partial charge in [-0.3, -0.25) is 0 Å². The maximum atomic E-state index is 5.70. The highest BCUT2D eigenvalue weighted by Crippen LogP contribution is 2.22. The molecule has 0 radical (unpaired) electrons. The minimum atomic E-state index is 0.224. The number of rotatable bonds is 10. The predicted octanol–water partition coefficient (Wildman–Crippen LogP) is 3.42. The van der Waals surface area contributed by atoms with Crippen molar-refractivity contribution in [1.29, 1.82) is 0 Å². The molecule has 1 atom stereocenters. The van der Waals surface area contributed by atoms with E-state index in [2.05, 4.69) is 69.3 Å². The lowest BCUT2D eigenvalue weighted by molar-refractivity contribution is 0.242. The highest BCUT2D eigenvalue weighted by molar-refractivity contribution is 7.99. The summed E-state index contributed by atoms with van der Waals surface area (Å²) in [5.74, 6) is 3.22. The summed E-state index contributed by atoms with van der Waals surface area (Å²) in [6, 6.07) is 8.92. The maximum absolute atomic E-state index is 5.70. The second-order valence-electron chi connectivity index (χ2n) is 5.72. The molecule has 0 aliphatic rings. The standard InChI is InChI=1S/C17H30N2OS/c1-6-18-17(13-21-12-11-19(4)5)15-7-9-16(10-8-15)20-14(2)3/h7-10,14,17-18H,6,11-13H2,1-5H3. The average Bonchev–Trinajstić information content (AvgIpc) is 2.42. The largest absolute Gasteiger partial charge is 0.491 e. The van der Waals surface area contributed by atoms with Crippen LogP contribution in [0, 0.1) is 0 Å². The van der Waals surface area contributed by atoms with Crippen molar-refractivity contribution in [2.45, 2.75) is 32.9 Å². The number of hydrogen-bond acceptors (Lipinski definition) is 4.